The lowest BCUT2D eigenvalue weighted by Gasteiger charge is -2.23. The zero-order chi connectivity index (χ0) is 20.9. The number of fused-ring (bicyclic) bond motifs is 3. The highest BCUT2D eigenvalue weighted by molar-refractivity contribution is 7.00. The van der Waals surface area contributed by atoms with Crippen molar-refractivity contribution in [2.45, 2.75) is 26.9 Å². The molecule has 5 aromatic rings. The molecule has 0 amide bonds. The van der Waals surface area contributed by atoms with Gasteiger partial charge in [0.1, 0.15) is 13.7 Å². The number of aromatic nitrogens is 2. The minimum absolute atomic E-state index is 0.859. The van der Waals surface area contributed by atoms with Crippen molar-refractivity contribution >= 4 is 40.4 Å². The molecule has 0 aliphatic carbocycles. The van der Waals surface area contributed by atoms with Crippen LogP contribution in [0.25, 0.3) is 33.2 Å². The zero-order valence-electron chi connectivity index (χ0n) is 17.7. The van der Waals surface area contributed by atoms with Gasteiger partial charge in [-0.15, -0.1) is 0 Å². The van der Waals surface area contributed by atoms with Crippen LogP contribution in [0.2, 0.25) is 13.1 Å². The van der Waals surface area contributed by atoms with Crippen LogP contribution < -0.4 is 10.4 Å². The first-order valence-electron chi connectivity index (χ1n) is 10.3. The number of pyridine rings is 2. The highest BCUT2D eigenvalue weighted by Crippen LogP contribution is 2.36. The van der Waals surface area contributed by atoms with Crippen LogP contribution in [-0.2, 0) is 0 Å². The lowest BCUT2D eigenvalue weighted by atomic mass is 10.1. The van der Waals surface area contributed by atoms with Crippen LogP contribution in [0.4, 0.5) is 0 Å². The van der Waals surface area contributed by atoms with Crippen LogP contribution in [0.5, 0.6) is 0 Å². The number of hydrogen-bond acceptors (Lipinski definition) is 3. The number of nitrogens with zero attached hydrogens (tertiary/aromatic N) is 2. The number of furan rings is 1. The average molecular weight is 409 g/mol. The smallest absolute Gasteiger partial charge is 0.156 e. The van der Waals surface area contributed by atoms with Gasteiger partial charge in [-0.05, 0) is 37.2 Å². The van der Waals surface area contributed by atoms with E-state index in [2.05, 4.69) is 84.8 Å². The second kappa shape index (κ2) is 6.92. The molecule has 4 heteroatoms. The maximum absolute atomic E-state index is 6.30. The maximum Gasteiger partial charge on any atom is 0.156 e. The van der Waals surface area contributed by atoms with Crippen molar-refractivity contribution in [2.24, 2.45) is 0 Å². The lowest BCUT2D eigenvalue weighted by Crippen LogP contribution is -2.52. The Morgan fingerprint density at radius 2 is 1.57 bits per heavy atom. The van der Waals surface area contributed by atoms with Gasteiger partial charge in [-0.1, -0.05) is 66.8 Å². The molecule has 0 N–H and O–H groups in total. The van der Waals surface area contributed by atoms with Crippen molar-refractivity contribution in [1.82, 2.24) is 9.97 Å². The Kier molecular flexibility index (Phi) is 4.33. The molecule has 2 aromatic carbocycles. The Hall–Kier alpha value is -3.24. The van der Waals surface area contributed by atoms with Crippen molar-refractivity contribution in [3.05, 3.63) is 84.3 Å². The Bertz CT molecular complexity index is 1370. The van der Waals surface area contributed by atoms with E-state index in [9.17, 15) is 0 Å². The Labute approximate surface area is 177 Å². The molecule has 5 rings (SSSR count). The SMILES string of the molecule is Cc1cc2c(oc3c(-c4ccc([Si](C)(C)c5ccccc5)cn4)cccc32)c(C)n1. The number of benzene rings is 2. The molecule has 0 saturated heterocycles. The van der Waals surface area contributed by atoms with E-state index in [-0.39, 0.29) is 0 Å². The van der Waals surface area contributed by atoms with Crippen molar-refractivity contribution in [2.75, 3.05) is 0 Å². The summed E-state index contributed by atoms with van der Waals surface area (Å²) in [5.74, 6) is 0. The van der Waals surface area contributed by atoms with Crippen LogP contribution in [0.15, 0.2) is 77.3 Å². The molecule has 3 aromatic heterocycles. The molecule has 0 fully saturated rings. The summed E-state index contributed by atoms with van der Waals surface area (Å²) >= 11 is 0. The first-order chi connectivity index (χ1) is 14.4. The van der Waals surface area contributed by atoms with Gasteiger partial charge in [0.25, 0.3) is 0 Å². The van der Waals surface area contributed by atoms with Crippen molar-refractivity contribution in [1.29, 1.82) is 0 Å². The first kappa shape index (κ1) is 18.8. The maximum atomic E-state index is 6.30. The Morgan fingerprint density at radius 3 is 2.30 bits per heavy atom. The number of aryl methyl sites for hydroxylation is 2. The second-order valence-electron chi connectivity index (χ2n) is 8.43. The summed E-state index contributed by atoms with van der Waals surface area (Å²) in [6, 6.07) is 23.5. The zero-order valence-corrected chi connectivity index (χ0v) is 18.7. The number of hydrogen-bond donors (Lipinski definition) is 0. The van der Waals surface area contributed by atoms with Gasteiger partial charge in [0.05, 0.1) is 11.4 Å². The molecule has 0 saturated carbocycles. The van der Waals surface area contributed by atoms with Gasteiger partial charge in [-0.25, -0.2) is 0 Å². The second-order valence-corrected chi connectivity index (χ2v) is 12.8. The molecule has 0 aliphatic rings. The third-order valence-electron chi connectivity index (χ3n) is 6.04. The van der Waals surface area contributed by atoms with Crippen molar-refractivity contribution in [3.8, 4) is 11.3 Å². The van der Waals surface area contributed by atoms with E-state index >= 15 is 0 Å². The van der Waals surface area contributed by atoms with Gasteiger partial charge >= 0.3 is 0 Å². The fourth-order valence-electron chi connectivity index (χ4n) is 4.25. The molecule has 0 spiro atoms. The predicted octanol–water partition coefficient (Wildman–Crippen LogP) is 5.48. The lowest BCUT2D eigenvalue weighted by molar-refractivity contribution is 0.663. The molecule has 0 atom stereocenters. The van der Waals surface area contributed by atoms with Gasteiger partial charge in [0.15, 0.2) is 5.58 Å². The normalized spacial score (nSPS) is 12.0. The first-order valence-corrected chi connectivity index (χ1v) is 13.3. The van der Waals surface area contributed by atoms with E-state index in [1.165, 1.54) is 10.4 Å². The molecule has 0 radical (unpaired) electrons. The van der Waals surface area contributed by atoms with Crippen LogP contribution >= 0.6 is 0 Å². The summed E-state index contributed by atoms with van der Waals surface area (Å²) in [6.45, 7) is 8.77. The van der Waals surface area contributed by atoms with Crippen molar-refractivity contribution < 1.29 is 4.42 Å². The van der Waals surface area contributed by atoms with Gasteiger partial charge < -0.3 is 4.42 Å². The third kappa shape index (κ3) is 2.96. The van der Waals surface area contributed by atoms with Gasteiger partial charge in [0, 0.05) is 28.2 Å². The average Bonchev–Trinajstić information content (AvgIpc) is 3.14. The van der Waals surface area contributed by atoms with E-state index < -0.39 is 8.07 Å². The van der Waals surface area contributed by atoms with Crippen LogP contribution in [-0.4, -0.2) is 18.0 Å². The van der Waals surface area contributed by atoms with Gasteiger partial charge in [0.2, 0.25) is 0 Å². The van der Waals surface area contributed by atoms with Crippen molar-refractivity contribution in [3.63, 3.8) is 0 Å². The quantitative estimate of drug-likeness (QED) is 0.371. The van der Waals surface area contributed by atoms with Crippen LogP contribution in [0, 0.1) is 13.8 Å². The number of rotatable bonds is 3. The summed E-state index contributed by atoms with van der Waals surface area (Å²) in [5, 5.41) is 4.97. The summed E-state index contributed by atoms with van der Waals surface area (Å²) in [4.78, 5) is 9.42. The standard InChI is InChI=1S/C26H24N2OSi/c1-17-15-23-21-11-8-12-22(26(21)29-25(23)18(2)28-17)24-14-13-20(16-27-24)30(3,4)19-9-6-5-7-10-19/h5-16H,1-4H3. The monoisotopic (exact) mass is 408 g/mol. The largest absolute Gasteiger partial charge is 0.453 e. The van der Waals surface area contributed by atoms with Gasteiger partial charge in [-0.2, -0.15) is 0 Å². The summed E-state index contributed by atoms with van der Waals surface area (Å²) in [5.41, 5.74) is 5.62. The van der Waals surface area contributed by atoms with E-state index in [0.29, 0.717) is 0 Å². The Balaban J connectivity index is 1.62. The van der Waals surface area contributed by atoms with E-state index in [4.69, 9.17) is 9.40 Å². The number of para-hydroxylation sites is 1. The van der Waals surface area contributed by atoms with E-state index in [1.54, 1.807) is 0 Å². The molecule has 148 valence electrons. The van der Waals surface area contributed by atoms with E-state index in [1.807, 2.05) is 20.0 Å². The van der Waals surface area contributed by atoms with E-state index in [0.717, 1.165) is 44.6 Å². The van der Waals surface area contributed by atoms with Gasteiger partial charge in [-0.3, -0.25) is 9.97 Å². The molecule has 3 nitrogen and oxygen atoms in total. The minimum atomic E-state index is -1.77. The van der Waals surface area contributed by atoms with Crippen LogP contribution in [0.1, 0.15) is 11.4 Å². The summed E-state index contributed by atoms with van der Waals surface area (Å²) < 4.78 is 6.30. The minimum Gasteiger partial charge on any atom is -0.453 e. The highest BCUT2D eigenvalue weighted by Gasteiger charge is 2.26. The molecule has 0 aliphatic heterocycles. The third-order valence-corrected chi connectivity index (χ3v) is 9.55. The predicted molar refractivity (Wildman–Crippen MR) is 127 cm³/mol. The Morgan fingerprint density at radius 1 is 0.767 bits per heavy atom. The summed E-state index contributed by atoms with van der Waals surface area (Å²) in [7, 11) is -1.77. The van der Waals surface area contributed by atoms with Crippen LogP contribution in [0.3, 0.4) is 0 Å². The molecule has 30 heavy (non-hydrogen) atoms. The topological polar surface area (TPSA) is 38.9 Å². The fraction of sp³-hybridized carbons (Fsp3) is 0.154. The summed E-state index contributed by atoms with van der Waals surface area (Å²) in [6.07, 6.45) is 2.05. The molecule has 3 heterocycles. The highest BCUT2D eigenvalue weighted by atomic mass is 28.3. The molecular weight excluding hydrogens is 384 g/mol. The molecular formula is C26H24N2OSi. The molecule has 0 bridgehead atoms. The molecule has 0 unspecified atom stereocenters. The fourth-order valence-corrected chi connectivity index (χ4v) is 6.50.